The molecule has 3 nitrogen and oxygen atoms in total. The van der Waals surface area contributed by atoms with Gasteiger partial charge in [0.2, 0.25) is 0 Å². The van der Waals surface area contributed by atoms with Crippen LogP contribution in [0.1, 0.15) is 37.8 Å². The third-order valence-electron chi connectivity index (χ3n) is 3.93. The van der Waals surface area contributed by atoms with Crippen LogP contribution in [0, 0.1) is 0 Å². The van der Waals surface area contributed by atoms with Crippen LogP contribution in [0.4, 0.5) is 0 Å². The minimum absolute atomic E-state index is 0.221. The highest BCUT2D eigenvalue weighted by Gasteiger charge is 2.20. The molecule has 1 aliphatic rings. The number of pyridine rings is 1. The van der Waals surface area contributed by atoms with Gasteiger partial charge in [0.15, 0.2) is 0 Å². The number of nitrogens with one attached hydrogen (secondary N) is 1. The zero-order valence-electron chi connectivity index (χ0n) is 12.5. The number of para-hydroxylation sites is 1. The first-order chi connectivity index (χ1) is 10.4. The fourth-order valence-corrected chi connectivity index (χ4v) is 2.90. The van der Waals surface area contributed by atoms with E-state index in [2.05, 4.69) is 41.5 Å². The van der Waals surface area contributed by atoms with Gasteiger partial charge in [-0.15, -0.1) is 0 Å². The van der Waals surface area contributed by atoms with Gasteiger partial charge in [-0.3, -0.25) is 4.98 Å². The van der Waals surface area contributed by atoms with E-state index < -0.39 is 0 Å². The molecule has 110 valence electrons. The maximum atomic E-state index is 5.56. The number of nitrogens with zero attached hydrogens (tertiary/aromatic N) is 1. The molecule has 0 aliphatic carbocycles. The summed E-state index contributed by atoms with van der Waals surface area (Å²) in [6, 6.07) is 10.7. The summed E-state index contributed by atoms with van der Waals surface area (Å²) in [5.41, 5.74) is 3.69. The fourth-order valence-electron chi connectivity index (χ4n) is 2.90. The maximum Gasteiger partial charge on any atom is 0.0876 e. The first-order valence-electron chi connectivity index (χ1n) is 7.77. The molecule has 1 aromatic heterocycles. The molecule has 2 heterocycles. The summed E-state index contributed by atoms with van der Waals surface area (Å²) in [6.07, 6.45) is 7.17. The second-order valence-electron chi connectivity index (χ2n) is 5.47. The van der Waals surface area contributed by atoms with Crippen molar-refractivity contribution in [1.29, 1.82) is 0 Å². The van der Waals surface area contributed by atoms with Crippen LogP contribution in [0.25, 0.3) is 10.9 Å². The van der Waals surface area contributed by atoms with E-state index in [9.17, 15) is 0 Å². The summed E-state index contributed by atoms with van der Waals surface area (Å²) in [7, 11) is 0. The minimum Gasteiger partial charge on any atom is -0.501 e. The van der Waals surface area contributed by atoms with Gasteiger partial charge in [0.1, 0.15) is 0 Å². The van der Waals surface area contributed by atoms with Crippen LogP contribution in [0.2, 0.25) is 0 Å². The first kappa shape index (κ1) is 14.1. The Hall–Kier alpha value is -1.87. The molecule has 0 fully saturated rings. The highest BCUT2D eigenvalue weighted by atomic mass is 16.5. The molecule has 2 aromatic rings. The number of rotatable bonds is 5. The monoisotopic (exact) mass is 282 g/mol. The molecule has 1 atom stereocenters. The molecule has 0 spiro atoms. The van der Waals surface area contributed by atoms with E-state index >= 15 is 0 Å². The van der Waals surface area contributed by atoms with Gasteiger partial charge in [0.25, 0.3) is 0 Å². The lowest BCUT2D eigenvalue weighted by Gasteiger charge is -2.25. The summed E-state index contributed by atoms with van der Waals surface area (Å²) in [4.78, 5) is 4.47. The minimum atomic E-state index is 0.221. The average Bonchev–Trinajstić information content (AvgIpc) is 2.56. The van der Waals surface area contributed by atoms with Crippen molar-refractivity contribution in [2.75, 3.05) is 13.2 Å². The summed E-state index contributed by atoms with van der Waals surface area (Å²) in [5, 5.41) is 4.89. The lowest BCUT2D eigenvalue weighted by molar-refractivity contribution is 0.219. The number of aromatic nitrogens is 1. The molecule has 0 radical (unpaired) electrons. The highest BCUT2D eigenvalue weighted by molar-refractivity contribution is 5.82. The van der Waals surface area contributed by atoms with Crippen molar-refractivity contribution >= 4 is 10.9 Å². The lowest BCUT2D eigenvalue weighted by atomic mass is 9.93. The van der Waals surface area contributed by atoms with Gasteiger partial charge in [-0.2, -0.15) is 0 Å². The van der Waals surface area contributed by atoms with Crippen LogP contribution in [0.15, 0.2) is 48.4 Å². The highest BCUT2D eigenvalue weighted by Crippen LogP contribution is 2.31. The zero-order valence-corrected chi connectivity index (χ0v) is 12.5. The Morgan fingerprint density at radius 2 is 2.19 bits per heavy atom. The Bertz CT molecular complexity index is 631. The molecule has 0 bridgehead atoms. The predicted molar refractivity (Wildman–Crippen MR) is 86.0 cm³/mol. The van der Waals surface area contributed by atoms with Crippen molar-refractivity contribution in [2.45, 2.75) is 32.2 Å². The van der Waals surface area contributed by atoms with Crippen LogP contribution in [0.3, 0.4) is 0 Å². The van der Waals surface area contributed by atoms with Gasteiger partial charge in [-0.05, 0) is 49.1 Å². The van der Waals surface area contributed by atoms with Crippen molar-refractivity contribution in [1.82, 2.24) is 10.3 Å². The smallest absolute Gasteiger partial charge is 0.0876 e. The Labute approximate surface area is 126 Å². The van der Waals surface area contributed by atoms with Gasteiger partial charge in [-0.25, -0.2) is 0 Å². The van der Waals surface area contributed by atoms with Crippen molar-refractivity contribution in [2.24, 2.45) is 0 Å². The first-order valence-corrected chi connectivity index (χ1v) is 7.77. The van der Waals surface area contributed by atoms with E-state index in [1.54, 1.807) is 0 Å². The van der Waals surface area contributed by atoms with Gasteiger partial charge >= 0.3 is 0 Å². The maximum absolute atomic E-state index is 5.56. The third-order valence-corrected chi connectivity index (χ3v) is 3.93. The summed E-state index contributed by atoms with van der Waals surface area (Å²) in [5.74, 6) is 0. The number of benzene rings is 1. The average molecular weight is 282 g/mol. The Kier molecular flexibility index (Phi) is 4.51. The van der Waals surface area contributed by atoms with Crippen molar-refractivity contribution in [3.05, 3.63) is 53.9 Å². The van der Waals surface area contributed by atoms with Gasteiger partial charge < -0.3 is 10.1 Å². The molecule has 1 unspecified atom stereocenters. The largest absolute Gasteiger partial charge is 0.501 e. The number of ether oxygens (including phenoxy) is 1. The van der Waals surface area contributed by atoms with Crippen LogP contribution in [0.5, 0.6) is 0 Å². The van der Waals surface area contributed by atoms with Crippen molar-refractivity contribution in [3.63, 3.8) is 0 Å². The SMILES string of the molecule is CCCNC(C1=COCCC1)c1ccnc2ccccc12. The molecule has 3 rings (SSSR count). The number of fused-ring (bicyclic) bond motifs is 1. The van der Waals surface area contributed by atoms with E-state index in [0.717, 1.165) is 37.9 Å². The fraction of sp³-hybridized carbons (Fsp3) is 0.389. The second-order valence-corrected chi connectivity index (χ2v) is 5.47. The molecule has 1 aliphatic heterocycles. The van der Waals surface area contributed by atoms with Gasteiger partial charge in [0.05, 0.1) is 24.4 Å². The van der Waals surface area contributed by atoms with E-state index in [1.165, 1.54) is 16.5 Å². The number of hydrogen-bond donors (Lipinski definition) is 1. The molecule has 0 amide bonds. The van der Waals surface area contributed by atoms with Crippen LogP contribution < -0.4 is 5.32 Å². The third kappa shape index (κ3) is 3.08. The van der Waals surface area contributed by atoms with Gasteiger partial charge in [-0.1, -0.05) is 25.1 Å². The van der Waals surface area contributed by atoms with Crippen LogP contribution >= 0.6 is 0 Å². The standard InChI is InChI=1S/C18H22N2O/c1-2-10-20-18(14-6-5-12-21-13-14)16-9-11-19-17-8-4-3-7-15(16)17/h3-4,7-9,11,13,18,20H,2,5-6,10,12H2,1H3. The summed E-state index contributed by atoms with van der Waals surface area (Å²) < 4.78 is 5.56. The Morgan fingerprint density at radius 1 is 1.29 bits per heavy atom. The lowest BCUT2D eigenvalue weighted by Crippen LogP contribution is -2.25. The Balaban J connectivity index is 2.03. The van der Waals surface area contributed by atoms with Crippen LogP contribution in [-0.2, 0) is 4.74 Å². The molecule has 0 saturated carbocycles. The Morgan fingerprint density at radius 3 is 3.00 bits per heavy atom. The quantitative estimate of drug-likeness (QED) is 0.901. The van der Waals surface area contributed by atoms with Crippen molar-refractivity contribution in [3.8, 4) is 0 Å². The molecule has 3 heteroatoms. The molecule has 1 N–H and O–H groups in total. The molecule has 21 heavy (non-hydrogen) atoms. The topological polar surface area (TPSA) is 34.1 Å². The zero-order chi connectivity index (χ0) is 14.5. The molecule has 1 aromatic carbocycles. The van der Waals surface area contributed by atoms with Crippen molar-refractivity contribution < 1.29 is 4.74 Å². The normalized spacial score (nSPS) is 16.3. The van der Waals surface area contributed by atoms with Crippen LogP contribution in [-0.4, -0.2) is 18.1 Å². The molecule has 0 saturated heterocycles. The summed E-state index contributed by atoms with van der Waals surface area (Å²) in [6.45, 7) is 4.03. The molecular formula is C18H22N2O. The van der Waals surface area contributed by atoms with E-state index in [0.29, 0.717) is 0 Å². The molecular weight excluding hydrogens is 260 g/mol. The summed E-state index contributed by atoms with van der Waals surface area (Å²) >= 11 is 0. The van der Waals surface area contributed by atoms with E-state index in [1.807, 2.05) is 18.5 Å². The number of hydrogen-bond acceptors (Lipinski definition) is 3. The predicted octanol–water partition coefficient (Wildman–Crippen LogP) is 3.97. The van der Waals surface area contributed by atoms with E-state index in [-0.39, 0.29) is 6.04 Å². The van der Waals surface area contributed by atoms with Gasteiger partial charge in [0, 0.05) is 11.6 Å². The second kappa shape index (κ2) is 6.72. The van der Waals surface area contributed by atoms with E-state index in [4.69, 9.17) is 4.74 Å².